The van der Waals surface area contributed by atoms with Gasteiger partial charge in [0, 0.05) is 30.8 Å². The average molecular weight is 408 g/mol. The quantitative estimate of drug-likeness (QED) is 0.691. The second-order valence-electron chi connectivity index (χ2n) is 6.32. The molecule has 0 spiro atoms. The van der Waals surface area contributed by atoms with Crippen LogP contribution in [0.25, 0.3) is 0 Å². The van der Waals surface area contributed by atoms with E-state index in [2.05, 4.69) is 22.4 Å². The Hall–Kier alpha value is -2.46. The summed E-state index contributed by atoms with van der Waals surface area (Å²) in [7, 11) is 0. The number of nitrogens with zero attached hydrogens (tertiary/aromatic N) is 4. The number of rotatable bonds is 7. The summed E-state index contributed by atoms with van der Waals surface area (Å²) in [6, 6.07) is 5.33. The smallest absolute Gasteiger partial charge is 0.300 e. The van der Waals surface area contributed by atoms with E-state index in [1.54, 1.807) is 11.0 Å². The summed E-state index contributed by atoms with van der Waals surface area (Å²) in [6.45, 7) is 6.74. The Morgan fingerprint density at radius 3 is 2.64 bits per heavy atom. The average Bonchev–Trinajstić information content (AvgIpc) is 3.17. The zero-order valence-corrected chi connectivity index (χ0v) is 16.5. The number of amides is 1. The van der Waals surface area contributed by atoms with Crippen molar-refractivity contribution in [1.29, 1.82) is 0 Å². The van der Waals surface area contributed by atoms with E-state index in [0.29, 0.717) is 11.3 Å². The molecule has 28 heavy (non-hydrogen) atoms. The van der Waals surface area contributed by atoms with Crippen molar-refractivity contribution in [3.63, 3.8) is 0 Å². The van der Waals surface area contributed by atoms with E-state index in [4.69, 9.17) is 4.52 Å². The number of piperazine rings is 1. The number of thioether (sulfide) groups is 1. The normalized spacial score (nSPS) is 14.9. The zero-order chi connectivity index (χ0) is 19.9. The van der Waals surface area contributed by atoms with Crippen molar-refractivity contribution in [2.24, 2.45) is 0 Å². The molecular formula is C18H23FN5O3S+. The summed E-state index contributed by atoms with van der Waals surface area (Å²) in [6.07, 6.45) is 1.78. The zero-order valence-electron chi connectivity index (χ0n) is 15.6. The molecule has 1 fully saturated rings. The first-order chi connectivity index (χ1) is 13.5. The molecule has 0 saturated carbocycles. The first-order valence-corrected chi connectivity index (χ1v) is 10.1. The van der Waals surface area contributed by atoms with Gasteiger partial charge in [-0.05, 0) is 30.8 Å². The minimum absolute atomic E-state index is 0.146. The topological polar surface area (TPSA) is 82.6 Å². The Balaban J connectivity index is 1.41. The molecule has 0 aliphatic carbocycles. The molecule has 8 nitrogen and oxygen atoms in total. The van der Waals surface area contributed by atoms with Crippen molar-refractivity contribution >= 4 is 28.7 Å². The van der Waals surface area contributed by atoms with Crippen molar-refractivity contribution in [3.05, 3.63) is 41.8 Å². The molecule has 1 aromatic heterocycles. The molecule has 0 unspecified atom stereocenters. The predicted octanol–water partition coefficient (Wildman–Crippen LogP) is 1.28. The van der Waals surface area contributed by atoms with Crippen molar-refractivity contribution in [1.82, 2.24) is 10.2 Å². The van der Waals surface area contributed by atoms with Gasteiger partial charge in [0.15, 0.2) is 0 Å². The number of benzene rings is 1. The summed E-state index contributed by atoms with van der Waals surface area (Å²) in [4.78, 5) is 28.0. The second kappa shape index (κ2) is 9.65. The van der Waals surface area contributed by atoms with Gasteiger partial charge in [0.05, 0.1) is 17.9 Å². The molecule has 3 rings (SSSR count). The number of aromatic nitrogens is 2. The third-order valence-corrected chi connectivity index (χ3v) is 5.35. The number of hydrogen-bond donors (Lipinski definition) is 1. The molecule has 0 bridgehead atoms. The standard InChI is InChI=1S/C18H22FN5O3S/c1-2-22-8-10-23(11-9-22)24-13-17(27-21-24)20-16(25)7-12-28-18(26)14-3-5-15(19)6-4-14/h3-6,13H,2,7-12H2,1H3/p+1. The number of carbonyl (C=O) groups excluding carboxylic acids is 2. The number of likely N-dealkylation sites (N-methyl/N-ethyl adjacent to an activating group) is 1. The molecule has 1 N–H and O–H groups in total. The lowest BCUT2D eigenvalue weighted by molar-refractivity contribution is -0.759. The molecule has 0 atom stereocenters. The summed E-state index contributed by atoms with van der Waals surface area (Å²) >= 11 is 1.02. The van der Waals surface area contributed by atoms with E-state index in [9.17, 15) is 14.0 Å². The van der Waals surface area contributed by atoms with Gasteiger partial charge in [-0.15, -0.1) is 0 Å². The van der Waals surface area contributed by atoms with Gasteiger partial charge in [-0.25, -0.2) is 4.39 Å². The van der Waals surface area contributed by atoms with E-state index in [-0.39, 0.29) is 23.3 Å². The molecule has 10 heteroatoms. The minimum atomic E-state index is -0.391. The van der Waals surface area contributed by atoms with Crippen LogP contribution in [0.5, 0.6) is 0 Å². The Bertz CT molecular complexity index is 806. The Morgan fingerprint density at radius 1 is 1.25 bits per heavy atom. The molecule has 2 aromatic rings. The minimum Gasteiger partial charge on any atom is -0.300 e. The van der Waals surface area contributed by atoms with Crippen LogP contribution in [0.15, 0.2) is 35.0 Å². The predicted molar refractivity (Wildman–Crippen MR) is 103 cm³/mol. The molecule has 2 heterocycles. The van der Waals surface area contributed by atoms with Crippen LogP contribution in [0.4, 0.5) is 10.3 Å². The summed E-state index contributed by atoms with van der Waals surface area (Å²) in [5.74, 6) is -0.0800. The van der Waals surface area contributed by atoms with E-state index in [1.807, 2.05) is 5.01 Å². The monoisotopic (exact) mass is 408 g/mol. The highest BCUT2D eigenvalue weighted by atomic mass is 32.2. The molecular weight excluding hydrogens is 385 g/mol. The fraction of sp³-hybridized carbons (Fsp3) is 0.444. The molecule has 0 radical (unpaired) electrons. The highest BCUT2D eigenvalue weighted by Gasteiger charge is 2.25. The molecule has 1 aliphatic rings. The van der Waals surface area contributed by atoms with Gasteiger partial charge in [-0.1, -0.05) is 18.7 Å². The number of halogens is 1. The maximum atomic E-state index is 12.9. The molecule has 1 saturated heterocycles. The lowest BCUT2D eigenvalue weighted by Crippen LogP contribution is -2.65. The number of nitrogens with one attached hydrogen (secondary N) is 1. The molecule has 1 aromatic carbocycles. The maximum Gasteiger partial charge on any atom is 0.305 e. The van der Waals surface area contributed by atoms with Gasteiger partial charge >= 0.3 is 5.88 Å². The van der Waals surface area contributed by atoms with Crippen LogP contribution in [-0.4, -0.2) is 59.7 Å². The van der Waals surface area contributed by atoms with Gasteiger partial charge in [0.2, 0.25) is 16.3 Å². The van der Waals surface area contributed by atoms with Crippen LogP contribution in [0.2, 0.25) is 0 Å². The third kappa shape index (κ3) is 5.52. The van der Waals surface area contributed by atoms with E-state index in [0.717, 1.165) is 44.5 Å². The number of carbonyl (C=O) groups is 2. The number of anilines is 1. The largest absolute Gasteiger partial charge is 0.305 e. The molecule has 1 aliphatic heterocycles. The van der Waals surface area contributed by atoms with E-state index >= 15 is 0 Å². The highest BCUT2D eigenvalue weighted by molar-refractivity contribution is 8.14. The summed E-state index contributed by atoms with van der Waals surface area (Å²) < 4.78 is 18.0. The molecule has 1 amide bonds. The first-order valence-electron chi connectivity index (χ1n) is 9.14. The highest BCUT2D eigenvalue weighted by Crippen LogP contribution is 2.14. The Morgan fingerprint density at radius 2 is 1.96 bits per heavy atom. The fourth-order valence-electron chi connectivity index (χ4n) is 2.79. The van der Waals surface area contributed by atoms with Gasteiger partial charge in [0.25, 0.3) is 6.20 Å². The van der Waals surface area contributed by atoms with Gasteiger partial charge in [-0.3, -0.25) is 24.3 Å². The van der Waals surface area contributed by atoms with Gasteiger partial charge < -0.3 is 0 Å². The van der Waals surface area contributed by atoms with Crippen LogP contribution >= 0.6 is 11.8 Å². The van der Waals surface area contributed by atoms with E-state index in [1.165, 1.54) is 24.3 Å². The van der Waals surface area contributed by atoms with Crippen LogP contribution in [-0.2, 0) is 4.79 Å². The maximum absolute atomic E-state index is 12.9. The van der Waals surface area contributed by atoms with Crippen molar-refractivity contribution in [2.45, 2.75) is 13.3 Å². The second-order valence-corrected chi connectivity index (χ2v) is 7.38. The van der Waals surface area contributed by atoms with Crippen LogP contribution in [0, 0.1) is 5.82 Å². The van der Waals surface area contributed by atoms with Crippen LogP contribution in [0.3, 0.4) is 0 Å². The van der Waals surface area contributed by atoms with Gasteiger partial charge in [-0.2, -0.15) is 5.01 Å². The number of hydrogen-bond acceptors (Lipinski definition) is 7. The SMILES string of the molecule is CCN1CCN([n+]2cc(NC(=O)CCSC(=O)c3ccc(F)cc3)on2)CC1. The summed E-state index contributed by atoms with van der Waals surface area (Å²) in [5, 5.41) is 8.43. The van der Waals surface area contributed by atoms with Crippen molar-refractivity contribution in [3.8, 4) is 0 Å². The summed E-state index contributed by atoms with van der Waals surface area (Å²) in [5.41, 5.74) is 0.409. The Kier molecular flexibility index (Phi) is 6.99. The van der Waals surface area contributed by atoms with Crippen molar-refractivity contribution < 1.29 is 23.3 Å². The third-order valence-electron chi connectivity index (χ3n) is 4.45. The lowest BCUT2D eigenvalue weighted by Gasteiger charge is -2.28. The van der Waals surface area contributed by atoms with Crippen LogP contribution < -0.4 is 15.1 Å². The van der Waals surface area contributed by atoms with E-state index < -0.39 is 5.82 Å². The fourth-order valence-corrected chi connectivity index (χ4v) is 3.57. The Labute approximate surface area is 166 Å². The van der Waals surface area contributed by atoms with Crippen LogP contribution in [0.1, 0.15) is 23.7 Å². The molecule has 150 valence electrons. The lowest BCUT2D eigenvalue weighted by atomic mass is 10.2. The first kappa shape index (κ1) is 20.3. The van der Waals surface area contributed by atoms with Crippen molar-refractivity contribution in [2.75, 3.05) is 48.8 Å². The van der Waals surface area contributed by atoms with Gasteiger partial charge in [0.1, 0.15) is 5.82 Å².